The minimum Gasteiger partial charge on any atom is -0.381 e. The quantitative estimate of drug-likeness (QED) is 0.151. The van der Waals surface area contributed by atoms with Crippen LogP contribution in [0.25, 0.3) is 76.9 Å². The first-order chi connectivity index (χ1) is 37.9. The van der Waals surface area contributed by atoms with Gasteiger partial charge in [0, 0.05) is 111 Å². The molecule has 0 N–H and O–H groups in total. The molecule has 10 heterocycles. The van der Waals surface area contributed by atoms with Gasteiger partial charge in [-0.05, 0) is 97.5 Å². The second kappa shape index (κ2) is 20.9. The summed E-state index contributed by atoms with van der Waals surface area (Å²) in [5.41, 5.74) is 13.5. The number of hydrogen-bond donors (Lipinski definition) is 0. The Morgan fingerprint density at radius 2 is 1.00 bits per heavy atom. The van der Waals surface area contributed by atoms with Crippen LogP contribution in [0.3, 0.4) is 0 Å². The van der Waals surface area contributed by atoms with Crippen LogP contribution in [-0.4, -0.2) is 95.1 Å². The number of aryl methyl sites for hydroxylation is 6. The molecule has 2 atom stereocenters. The van der Waals surface area contributed by atoms with Crippen molar-refractivity contribution < 1.29 is 18.3 Å². The van der Waals surface area contributed by atoms with E-state index in [9.17, 15) is 0 Å². The second-order valence-corrected chi connectivity index (χ2v) is 21.5. The zero-order valence-corrected chi connectivity index (χ0v) is 46.2. The van der Waals surface area contributed by atoms with Gasteiger partial charge < -0.3 is 18.6 Å². The lowest BCUT2D eigenvalue weighted by Gasteiger charge is -2.33. The van der Waals surface area contributed by atoms with Crippen LogP contribution in [-0.2, 0) is 37.7 Å². The van der Waals surface area contributed by atoms with Crippen LogP contribution in [0.15, 0.2) is 114 Å². The Balaban J connectivity index is 0.000000138. The fourth-order valence-corrected chi connectivity index (χ4v) is 12.4. The maximum absolute atomic E-state index is 15.7. The Morgan fingerprint density at radius 1 is 0.538 bits per heavy atom. The maximum atomic E-state index is 15.7. The molecule has 2 aliphatic rings. The molecule has 19 heteroatoms. The Bertz CT molecular complexity index is 4130. The number of halogens is 3. The van der Waals surface area contributed by atoms with Gasteiger partial charge >= 0.3 is 0 Å². The molecule has 0 saturated carbocycles. The molecule has 0 unspecified atom stereocenters. The molecule has 0 aliphatic carbocycles. The molecule has 16 nitrogen and oxygen atoms in total. The summed E-state index contributed by atoms with van der Waals surface area (Å²) >= 11 is 3.61. The molecule has 2 saturated heterocycles. The summed E-state index contributed by atoms with van der Waals surface area (Å²) < 4.78 is 54.7. The van der Waals surface area contributed by atoms with E-state index in [2.05, 4.69) is 117 Å². The predicted molar refractivity (Wildman–Crippen MR) is 302 cm³/mol. The zero-order valence-electron chi connectivity index (χ0n) is 44.6. The molecule has 0 amide bonds. The lowest BCUT2D eigenvalue weighted by molar-refractivity contribution is 0.0552. The molecule has 0 bridgehead atoms. The molecule has 2 aliphatic heterocycles. The maximum Gasteiger partial charge on any atom is 0.151 e. The van der Waals surface area contributed by atoms with E-state index in [-0.39, 0.29) is 23.7 Å². The Morgan fingerprint density at radius 3 is 1.44 bits per heavy atom. The van der Waals surface area contributed by atoms with Crippen LogP contribution in [0.2, 0.25) is 0 Å². The normalized spacial score (nSPS) is 15.4. The molecule has 398 valence electrons. The molecule has 14 rings (SSSR count). The zero-order chi connectivity index (χ0) is 53.9. The summed E-state index contributed by atoms with van der Waals surface area (Å²) in [5.74, 6) is 0.134. The van der Waals surface area contributed by atoms with Gasteiger partial charge in [0.1, 0.15) is 11.0 Å². The number of fused-ring (bicyclic) bond motifs is 10. The van der Waals surface area contributed by atoms with E-state index in [1.807, 2.05) is 59.4 Å². The monoisotopic (exact) mass is 1110 g/mol. The van der Waals surface area contributed by atoms with E-state index in [1.54, 1.807) is 57.3 Å². The largest absolute Gasteiger partial charge is 0.381 e. The first kappa shape index (κ1) is 51.0. The van der Waals surface area contributed by atoms with E-state index < -0.39 is 0 Å². The fraction of sp³-hybridized carbons (Fsp3) is 0.322. The van der Waals surface area contributed by atoms with Crippen molar-refractivity contribution in [1.29, 1.82) is 0 Å². The number of pyridine rings is 2. The van der Waals surface area contributed by atoms with Gasteiger partial charge in [0.25, 0.3) is 0 Å². The van der Waals surface area contributed by atoms with Gasteiger partial charge in [-0.3, -0.25) is 24.0 Å². The van der Waals surface area contributed by atoms with E-state index in [1.165, 1.54) is 11.1 Å². The average molecular weight is 1110 g/mol. The lowest BCUT2D eigenvalue weighted by Crippen LogP contribution is -2.26. The standard InChI is InChI=1S/C29H28FN7O.C25H22BrFN4O.C5H9N3/c1-17-27(36(3)34-33-17)20-13-24-26(31-15-20)25-21-16-32-35(2)29(21)22(30)14-23(25)37(24)28(18-7-5-4-6-8-18)19-9-11-38-12-10-19;1-30-25-18(14-29-30)22-20(12-19(25)27)31(21-11-17(26)13-28-23(21)22)24(15-5-3-2-4-6-15)16-7-9-32-10-8-16;1-4-5(2)8(3)7-6-4/h4-8,13-16,19,28H,9-12H2,1-3H3;2-6,11-14,16,24H,7-10H2,1H3;1-3H3/t28-;24-;/m11./s1. The van der Waals surface area contributed by atoms with Gasteiger partial charge in [-0.1, -0.05) is 71.1 Å². The minimum absolute atomic E-state index is 0.0172. The van der Waals surface area contributed by atoms with Crippen LogP contribution >= 0.6 is 15.9 Å². The molecule has 2 fully saturated rings. The average Bonchev–Trinajstić information content (AvgIpc) is 4.28. The first-order valence-corrected chi connectivity index (χ1v) is 27.1. The van der Waals surface area contributed by atoms with E-state index in [0.29, 0.717) is 22.9 Å². The number of nitrogens with zero attached hydrogens (tertiary/aromatic N) is 14. The van der Waals surface area contributed by atoms with Crippen LogP contribution in [0.1, 0.15) is 66.0 Å². The minimum atomic E-state index is -0.290. The van der Waals surface area contributed by atoms with Gasteiger partial charge in [-0.25, -0.2) is 13.5 Å². The Hall–Kier alpha value is -7.74. The van der Waals surface area contributed by atoms with Crippen LogP contribution in [0.5, 0.6) is 0 Å². The summed E-state index contributed by atoms with van der Waals surface area (Å²) in [6.07, 6.45) is 11.0. The smallest absolute Gasteiger partial charge is 0.151 e. The van der Waals surface area contributed by atoms with E-state index >= 15 is 8.78 Å². The van der Waals surface area contributed by atoms with Crippen LogP contribution in [0, 0.1) is 44.2 Å². The highest BCUT2D eigenvalue weighted by Gasteiger charge is 2.34. The summed E-state index contributed by atoms with van der Waals surface area (Å²) in [7, 11) is 7.32. The van der Waals surface area contributed by atoms with Crippen molar-refractivity contribution in [2.24, 2.45) is 40.0 Å². The van der Waals surface area contributed by atoms with Crippen molar-refractivity contribution in [1.82, 2.24) is 68.7 Å². The highest BCUT2D eigenvalue weighted by Crippen LogP contribution is 2.45. The Labute approximate surface area is 456 Å². The van der Waals surface area contributed by atoms with Crippen molar-refractivity contribution >= 4 is 81.6 Å². The third-order valence-corrected chi connectivity index (χ3v) is 16.4. The molecule has 0 spiro atoms. The van der Waals surface area contributed by atoms with Crippen molar-refractivity contribution in [3.8, 4) is 11.3 Å². The number of benzene rings is 4. The van der Waals surface area contributed by atoms with Gasteiger partial charge in [-0.2, -0.15) is 10.2 Å². The molecule has 0 radical (unpaired) electrons. The highest BCUT2D eigenvalue weighted by atomic mass is 79.9. The van der Waals surface area contributed by atoms with Crippen molar-refractivity contribution in [2.45, 2.75) is 58.5 Å². The first-order valence-electron chi connectivity index (χ1n) is 26.4. The summed E-state index contributed by atoms with van der Waals surface area (Å²) in [6.45, 7) is 8.82. The molecular formula is C59H59BrF2N14O2. The molecule has 78 heavy (non-hydrogen) atoms. The number of hydrogen-bond acceptors (Lipinski definition) is 10. The van der Waals surface area contributed by atoms with Crippen molar-refractivity contribution in [3.05, 3.63) is 154 Å². The fourth-order valence-electron chi connectivity index (χ4n) is 12.1. The molecular weight excluding hydrogens is 1050 g/mol. The molecule has 4 aromatic carbocycles. The number of ether oxygens (including phenoxy) is 2. The third-order valence-electron chi connectivity index (χ3n) is 16.0. The third kappa shape index (κ3) is 8.90. The van der Waals surface area contributed by atoms with E-state index in [4.69, 9.17) is 19.4 Å². The predicted octanol–water partition coefficient (Wildman–Crippen LogP) is 11.8. The Kier molecular flexibility index (Phi) is 13.7. The van der Waals surface area contributed by atoms with Gasteiger partial charge in [0.2, 0.25) is 0 Å². The van der Waals surface area contributed by atoms with Crippen LogP contribution < -0.4 is 0 Å². The lowest BCUT2D eigenvalue weighted by atomic mass is 9.86. The topological polar surface area (TPSA) is 151 Å². The van der Waals surface area contributed by atoms with Gasteiger partial charge in [-0.15, -0.1) is 10.2 Å². The second-order valence-electron chi connectivity index (χ2n) is 20.6. The molecule has 12 aromatic rings. The SMILES string of the molecule is Cc1nnn(C)c1-c1cnc2c3c4cnn(C)c4c(F)cc3n([C@H](c3ccccc3)C3CCOCC3)c2c1.Cc1nnn(C)c1C.Cn1ncc2c3c4ncc(Br)cc4n([C@H](c4ccccc4)C4CCOCC4)c3cc(F)c21. The number of rotatable bonds is 7. The van der Waals surface area contributed by atoms with Crippen molar-refractivity contribution in [2.75, 3.05) is 26.4 Å². The van der Waals surface area contributed by atoms with Gasteiger partial charge in [0.05, 0.1) is 80.4 Å². The van der Waals surface area contributed by atoms with E-state index in [0.717, 1.165) is 140 Å². The van der Waals surface area contributed by atoms with Crippen LogP contribution in [0.4, 0.5) is 8.78 Å². The highest BCUT2D eigenvalue weighted by molar-refractivity contribution is 9.10. The van der Waals surface area contributed by atoms with Crippen molar-refractivity contribution in [3.63, 3.8) is 0 Å². The molecule has 8 aromatic heterocycles. The summed E-state index contributed by atoms with van der Waals surface area (Å²) in [6, 6.07) is 28.6. The number of aromatic nitrogens is 14. The summed E-state index contributed by atoms with van der Waals surface area (Å²) in [4.78, 5) is 9.79. The summed E-state index contributed by atoms with van der Waals surface area (Å²) in [5, 5.41) is 28.2. The van der Waals surface area contributed by atoms with Gasteiger partial charge in [0.15, 0.2) is 11.6 Å².